The zero-order valence-electron chi connectivity index (χ0n) is 9.03. The van der Waals surface area contributed by atoms with Crippen molar-refractivity contribution in [3.8, 4) is 0 Å². The van der Waals surface area contributed by atoms with E-state index in [9.17, 15) is 9.59 Å². The molecule has 0 N–H and O–H groups in total. The number of methoxy groups -OCH3 is 1. The lowest BCUT2D eigenvalue weighted by Gasteiger charge is -2.03. The molecule has 0 atom stereocenters. The molecule has 0 spiro atoms. The van der Waals surface area contributed by atoms with Crippen LogP contribution in [-0.4, -0.2) is 18.9 Å². The van der Waals surface area contributed by atoms with Crippen LogP contribution in [0.5, 0.6) is 0 Å². The fourth-order valence-electron chi connectivity index (χ4n) is 1.30. The fraction of sp³-hybridized carbons (Fsp3) is 0.333. The molecule has 4 heteroatoms. The Morgan fingerprint density at radius 2 is 2.00 bits per heavy atom. The number of benzene rings is 1. The molecule has 0 aliphatic carbocycles. The molecule has 3 nitrogen and oxygen atoms in total. The molecule has 0 aromatic heterocycles. The minimum atomic E-state index is -0.475. The summed E-state index contributed by atoms with van der Waals surface area (Å²) in [4.78, 5) is 22.2. The Kier molecular flexibility index (Phi) is 5.19. The second-order valence-corrected chi connectivity index (χ2v) is 4.24. The second kappa shape index (κ2) is 6.43. The predicted molar refractivity (Wildman–Crippen MR) is 64.1 cm³/mol. The van der Waals surface area contributed by atoms with Crippen LogP contribution in [0.25, 0.3) is 0 Å². The van der Waals surface area contributed by atoms with E-state index in [4.69, 9.17) is 0 Å². The fourth-order valence-corrected chi connectivity index (χ4v) is 1.78. The van der Waals surface area contributed by atoms with E-state index in [0.29, 0.717) is 12.8 Å². The zero-order chi connectivity index (χ0) is 12.0. The Morgan fingerprint density at radius 3 is 2.62 bits per heavy atom. The van der Waals surface area contributed by atoms with Gasteiger partial charge < -0.3 is 4.74 Å². The highest BCUT2D eigenvalue weighted by atomic mass is 79.9. The van der Waals surface area contributed by atoms with E-state index < -0.39 is 5.97 Å². The normalized spacial score (nSPS) is 9.88. The first-order valence-corrected chi connectivity index (χ1v) is 5.74. The molecule has 0 amide bonds. The van der Waals surface area contributed by atoms with Crippen molar-refractivity contribution < 1.29 is 14.3 Å². The Bertz CT molecular complexity index is 388. The number of hydrogen-bond donors (Lipinski definition) is 0. The third kappa shape index (κ3) is 4.14. The smallest absolute Gasteiger partial charge is 0.313 e. The molecular weight excluding hydrogens is 272 g/mol. The average Bonchev–Trinajstić information content (AvgIpc) is 2.28. The quantitative estimate of drug-likeness (QED) is 0.616. The third-order valence-corrected chi connectivity index (χ3v) is 2.97. The van der Waals surface area contributed by atoms with Crippen LogP contribution in [0.15, 0.2) is 28.7 Å². The standard InChI is InChI=1S/C12H13BrO3/c1-16-12(15)8-10(14)7-6-9-4-2-3-5-11(9)13/h2-5H,6-8H2,1H3. The highest BCUT2D eigenvalue weighted by Crippen LogP contribution is 2.17. The van der Waals surface area contributed by atoms with E-state index in [-0.39, 0.29) is 12.2 Å². The van der Waals surface area contributed by atoms with Gasteiger partial charge in [0.05, 0.1) is 7.11 Å². The molecule has 16 heavy (non-hydrogen) atoms. The summed E-state index contributed by atoms with van der Waals surface area (Å²) in [5, 5.41) is 0. The lowest BCUT2D eigenvalue weighted by Crippen LogP contribution is -2.09. The van der Waals surface area contributed by atoms with Gasteiger partial charge in [0.15, 0.2) is 0 Å². The van der Waals surface area contributed by atoms with Gasteiger partial charge in [-0.2, -0.15) is 0 Å². The van der Waals surface area contributed by atoms with Gasteiger partial charge in [-0.1, -0.05) is 34.1 Å². The number of rotatable bonds is 5. The monoisotopic (exact) mass is 284 g/mol. The van der Waals surface area contributed by atoms with Gasteiger partial charge >= 0.3 is 5.97 Å². The van der Waals surface area contributed by atoms with Gasteiger partial charge in [-0.15, -0.1) is 0 Å². The summed E-state index contributed by atoms with van der Waals surface area (Å²) in [7, 11) is 1.28. The largest absolute Gasteiger partial charge is 0.469 e. The third-order valence-electron chi connectivity index (χ3n) is 2.20. The summed E-state index contributed by atoms with van der Waals surface area (Å²) < 4.78 is 5.41. The molecule has 86 valence electrons. The van der Waals surface area contributed by atoms with E-state index in [1.807, 2.05) is 24.3 Å². The SMILES string of the molecule is COC(=O)CC(=O)CCc1ccccc1Br. The van der Waals surface area contributed by atoms with Gasteiger partial charge in [0.25, 0.3) is 0 Å². The van der Waals surface area contributed by atoms with Crippen LogP contribution < -0.4 is 0 Å². The molecule has 0 aliphatic heterocycles. The van der Waals surface area contributed by atoms with Crippen molar-refractivity contribution in [3.05, 3.63) is 34.3 Å². The number of esters is 1. The predicted octanol–water partition coefficient (Wildman–Crippen LogP) is 2.51. The topological polar surface area (TPSA) is 43.4 Å². The van der Waals surface area contributed by atoms with Crippen LogP contribution in [-0.2, 0) is 20.7 Å². The van der Waals surface area contributed by atoms with Crippen molar-refractivity contribution in [2.24, 2.45) is 0 Å². The Labute approximate surface area is 103 Å². The van der Waals surface area contributed by atoms with Gasteiger partial charge in [-0.05, 0) is 18.1 Å². The van der Waals surface area contributed by atoms with E-state index in [0.717, 1.165) is 10.0 Å². The highest BCUT2D eigenvalue weighted by molar-refractivity contribution is 9.10. The number of carbonyl (C=O) groups excluding carboxylic acids is 2. The van der Waals surface area contributed by atoms with Gasteiger partial charge in [0, 0.05) is 10.9 Å². The molecule has 0 saturated heterocycles. The number of carbonyl (C=O) groups is 2. The molecule has 0 heterocycles. The van der Waals surface area contributed by atoms with Gasteiger partial charge in [-0.25, -0.2) is 0 Å². The Morgan fingerprint density at radius 1 is 1.31 bits per heavy atom. The van der Waals surface area contributed by atoms with Crippen LogP contribution in [0, 0.1) is 0 Å². The van der Waals surface area contributed by atoms with Crippen LogP contribution in [0.4, 0.5) is 0 Å². The van der Waals surface area contributed by atoms with E-state index in [1.54, 1.807) is 0 Å². The minimum Gasteiger partial charge on any atom is -0.469 e. The molecular formula is C12H13BrO3. The van der Waals surface area contributed by atoms with Crippen molar-refractivity contribution in [3.63, 3.8) is 0 Å². The Hall–Kier alpha value is -1.16. The molecule has 0 bridgehead atoms. The summed E-state index contributed by atoms with van der Waals surface area (Å²) in [5.74, 6) is -0.570. The lowest BCUT2D eigenvalue weighted by molar-refractivity contribution is -0.143. The van der Waals surface area contributed by atoms with Crippen molar-refractivity contribution in [2.45, 2.75) is 19.3 Å². The summed E-state index contributed by atoms with van der Waals surface area (Å²) in [5.41, 5.74) is 1.07. The molecule has 0 radical (unpaired) electrons. The maximum absolute atomic E-state index is 11.4. The first-order valence-electron chi connectivity index (χ1n) is 4.95. The number of ether oxygens (including phenoxy) is 1. The molecule has 1 rings (SSSR count). The van der Waals surface area contributed by atoms with Crippen LogP contribution in [0.2, 0.25) is 0 Å². The molecule has 0 unspecified atom stereocenters. The van der Waals surface area contributed by atoms with Crippen LogP contribution in [0.1, 0.15) is 18.4 Å². The van der Waals surface area contributed by atoms with Crippen molar-refractivity contribution in [1.82, 2.24) is 0 Å². The van der Waals surface area contributed by atoms with E-state index in [2.05, 4.69) is 20.7 Å². The summed E-state index contributed by atoms with van der Waals surface area (Å²) in [6.07, 6.45) is 0.857. The maximum Gasteiger partial charge on any atom is 0.313 e. The molecule has 0 aliphatic rings. The minimum absolute atomic E-state index is 0.0948. The van der Waals surface area contributed by atoms with E-state index >= 15 is 0 Å². The number of halogens is 1. The van der Waals surface area contributed by atoms with Gasteiger partial charge in [-0.3, -0.25) is 9.59 Å². The highest BCUT2D eigenvalue weighted by Gasteiger charge is 2.10. The second-order valence-electron chi connectivity index (χ2n) is 3.38. The van der Waals surface area contributed by atoms with Gasteiger partial charge in [0.1, 0.15) is 12.2 Å². The van der Waals surface area contributed by atoms with Crippen LogP contribution >= 0.6 is 15.9 Å². The first-order chi connectivity index (χ1) is 7.63. The van der Waals surface area contributed by atoms with E-state index in [1.165, 1.54) is 7.11 Å². The molecule has 1 aromatic rings. The summed E-state index contributed by atoms with van der Waals surface area (Å²) >= 11 is 3.41. The number of hydrogen-bond acceptors (Lipinski definition) is 3. The Balaban J connectivity index is 2.43. The summed E-state index contributed by atoms with van der Waals surface area (Å²) in [6, 6.07) is 7.73. The first kappa shape index (κ1) is 12.9. The lowest BCUT2D eigenvalue weighted by atomic mass is 10.1. The summed E-state index contributed by atoms with van der Waals surface area (Å²) in [6.45, 7) is 0. The number of Topliss-reactive ketones (excluding diaryl/α,β-unsaturated/α-hetero) is 1. The zero-order valence-corrected chi connectivity index (χ0v) is 10.6. The van der Waals surface area contributed by atoms with Crippen LogP contribution in [0.3, 0.4) is 0 Å². The van der Waals surface area contributed by atoms with Crippen molar-refractivity contribution in [1.29, 1.82) is 0 Å². The van der Waals surface area contributed by atoms with Crippen molar-refractivity contribution in [2.75, 3.05) is 7.11 Å². The molecule has 1 aromatic carbocycles. The number of ketones is 1. The van der Waals surface area contributed by atoms with Crippen molar-refractivity contribution >= 4 is 27.7 Å². The average molecular weight is 285 g/mol. The molecule has 0 saturated carbocycles. The maximum atomic E-state index is 11.4. The number of aryl methyl sites for hydroxylation is 1. The van der Waals surface area contributed by atoms with Gasteiger partial charge in [0.2, 0.25) is 0 Å². The molecule has 0 fully saturated rings.